The van der Waals surface area contributed by atoms with Crippen molar-refractivity contribution in [3.05, 3.63) is 29.8 Å². The number of nitrogens with one attached hydrogen (secondary N) is 1. The van der Waals surface area contributed by atoms with Gasteiger partial charge >= 0.3 is 0 Å². The molecular weight excluding hydrogens is 264 g/mol. The first kappa shape index (κ1) is 17.4. The number of carbonyl (C=O) groups is 2. The van der Waals surface area contributed by atoms with Crippen LogP contribution in [0.3, 0.4) is 0 Å². The smallest absolute Gasteiger partial charge is 0.229 e. The quantitative estimate of drug-likeness (QED) is 0.748. The normalized spacial score (nSPS) is 10.7. The molecule has 0 heterocycles. The molecule has 1 rings (SSSR count). The van der Waals surface area contributed by atoms with Gasteiger partial charge in [0.25, 0.3) is 0 Å². The van der Waals surface area contributed by atoms with Crippen LogP contribution < -0.4 is 10.2 Å². The van der Waals surface area contributed by atoms with Gasteiger partial charge < -0.3 is 10.2 Å². The van der Waals surface area contributed by atoms with Gasteiger partial charge in [0.2, 0.25) is 5.91 Å². The predicted octanol–water partition coefficient (Wildman–Crippen LogP) is 2.42. The molecule has 0 aliphatic rings. The van der Waals surface area contributed by atoms with E-state index in [0.29, 0.717) is 12.8 Å². The highest BCUT2D eigenvalue weighted by Crippen LogP contribution is 2.22. The number of benzene rings is 1. The number of amides is 1. The molecule has 1 aromatic carbocycles. The highest BCUT2D eigenvalue weighted by atomic mass is 16.2. The average molecular weight is 290 g/mol. The lowest BCUT2D eigenvalue weighted by atomic mass is 10.0. The lowest BCUT2D eigenvalue weighted by molar-refractivity contribution is -0.121. The fourth-order valence-corrected chi connectivity index (χ4v) is 2.26. The Hall–Kier alpha value is -1.68. The summed E-state index contributed by atoms with van der Waals surface area (Å²) in [5.41, 5.74) is 1.75. The van der Waals surface area contributed by atoms with Crippen LogP contribution in [0.2, 0.25) is 0 Å². The minimum atomic E-state index is -0.0608. The Labute approximate surface area is 127 Å². The number of Topliss-reactive ketones (excluding diaryl/α,β-unsaturated/α-hetero) is 1. The summed E-state index contributed by atoms with van der Waals surface area (Å²) in [6.45, 7) is 4.60. The van der Waals surface area contributed by atoms with Gasteiger partial charge in [-0.2, -0.15) is 0 Å². The SMILES string of the molecule is CNCCCC(=O)Cc1ccccc1N(C)C(=O)C(C)C. The summed E-state index contributed by atoms with van der Waals surface area (Å²) >= 11 is 0. The van der Waals surface area contributed by atoms with Crippen molar-refractivity contribution in [2.24, 2.45) is 5.92 Å². The monoisotopic (exact) mass is 290 g/mol. The van der Waals surface area contributed by atoms with Gasteiger partial charge in [0.05, 0.1) is 0 Å². The van der Waals surface area contributed by atoms with E-state index in [1.807, 2.05) is 45.2 Å². The molecule has 1 amide bonds. The minimum absolute atomic E-state index is 0.0603. The van der Waals surface area contributed by atoms with E-state index in [1.165, 1.54) is 0 Å². The molecule has 1 N–H and O–H groups in total. The van der Waals surface area contributed by atoms with Crippen molar-refractivity contribution in [2.45, 2.75) is 33.1 Å². The zero-order valence-corrected chi connectivity index (χ0v) is 13.5. The number of nitrogens with zero attached hydrogens (tertiary/aromatic N) is 1. The number of carbonyl (C=O) groups excluding carboxylic acids is 2. The highest BCUT2D eigenvalue weighted by molar-refractivity contribution is 5.95. The van der Waals surface area contributed by atoms with E-state index in [-0.39, 0.29) is 17.6 Å². The van der Waals surface area contributed by atoms with Gasteiger partial charge in [0.15, 0.2) is 0 Å². The van der Waals surface area contributed by atoms with Gasteiger partial charge in [0.1, 0.15) is 5.78 Å². The first-order valence-corrected chi connectivity index (χ1v) is 7.49. The molecule has 0 saturated carbocycles. The lowest BCUT2D eigenvalue weighted by Gasteiger charge is -2.22. The number of anilines is 1. The Kier molecular flexibility index (Phi) is 7.09. The van der Waals surface area contributed by atoms with Gasteiger partial charge in [-0.05, 0) is 31.6 Å². The molecule has 0 atom stereocenters. The first-order chi connectivity index (χ1) is 9.97. The zero-order valence-electron chi connectivity index (χ0n) is 13.5. The van der Waals surface area contributed by atoms with Crippen LogP contribution in [0.4, 0.5) is 5.69 Å². The third kappa shape index (κ3) is 5.31. The molecular formula is C17H26N2O2. The van der Waals surface area contributed by atoms with E-state index in [2.05, 4.69) is 5.32 Å². The second kappa shape index (κ2) is 8.57. The zero-order chi connectivity index (χ0) is 15.8. The van der Waals surface area contributed by atoms with Crippen molar-refractivity contribution in [1.82, 2.24) is 5.32 Å². The standard InChI is InChI=1S/C17H26N2O2/c1-13(2)17(21)19(4)16-10-6-5-8-14(16)12-15(20)9-7-11-18-3/h5-6,8,10,13,18H,7,9,11-12H2,1-4H3. The molecule has 0 aromatic heterocycles. The molecule has 0 spiro atoms. The molecule has 0 aliphatic heterocycles. The topological polar surface area (TPSA) is 49.4 Å². The number of rotatable bonds is 8. The highest BCUT2D eigenvalue weighted by Gasteiger charge is 2.18. The molecule has 1 aromatic rings. The second-order valence-corrected chi connectivity index (χ2v) is 5.60. The van der Waals surface area contributed by atoms with Crippen molar-refractivity contribution in [2.75, 3.05) is 25.5 Å². The molecule has 0 fully saturated rings. The molecule has 0 aliphatic carbocycles. The fraction of sp³-hybridized carbons (Fsp3) is 0.529. The van der Waals surface area contributed by atoms with Gasteiger partial charge in [-0.15, -0.1) is 0 Å². The van der Waals surface area contributed by atoms with Crippen LogP contribution in [-0.4, -0.2) is 32.3 Å². The summed E-state index contributed by atoms with van der Waals surface area (Å²) in [5, 5.41) is 3.04. The summed E-state index contributed by atoms with van der Waals surface area (Å²) in [4.78, 5) is 25.8. The predicted molar refractivity (Wildman–Crippen MR) is 86.6 cm³/mol. The van der Waals surface area contributed by atoms with E-state index in [9.17, 15) is 9.59 Å². The van der Waals surface area contributed by atoms with Gasteiger partial charge in [-0.25, -0.2) is 0 Å². The van der Waals surface area contributed by atoms with Crippen LogP contribution >= 0.6 is 0 Å². The van der Waals surface area contributed by atoms with E-state index in [4.69, 9.17) is 0 Å². The molecule has 21 heavy (non-hydrogen) atoms. The van der Waals surface area contributed by atoms with Crippen LogP contribution in [0.25, 0.3) is 0 Å². The Bertz CT molecular complexity index is 483. The second-order valence-electron chi connectivity index (χ2n) is 5.60. The Morgan fingerprint density at radius 1 is 1.24 bits per heavy atom. The summed E-state index contributed by atoms with van der Waals surface area (Å²) in [7, 11) is 3.65. The van der Waals surface area contributed by atoms with Crippen molar-refractivity contribution in [3.8, 4) is 0 Å². The van der Waals surface area contributed by atoms with Crippen molar-refractivity contribution < 1.29 is 9.59 Å². The minimum Gasteiger partial charge on any atom is -0.320 e. The van der Waals surface area contributed by atoms with Gasteiger partial charge in [-0.1, -0.05) is 32.0 Å². The molecule has 4 heteroatoms. The molecule has 116 valence electrons. The maximum Gasteiger partial charge on any atom is 0.229 e. The number of ketones is 1. The Balaban J connectivity index is 2.79. The summed E-state index contributed by atoms with van der Waals surface area (Å²) in [6.07, 6.45) is 1.80. The van der Waals surface area contributed by atoms with Crippen LogP contribution in [-0.2, 0) is 16.0 Å². The van der Waals surface area contributed by atoms with Crippen LogP contribution in [0.15, 0.2) is 24.3 Å². The van der Waals surface area contributed by atoms with Crippen LogP contribution in [0.1, 0.15) is 32.3 Å². The Morgan fingerprint density at radius 2 is 1.90 bits per heavy atom. The Morgan fingerprint density at radius 3 is 2.52 bits per heavy atom. The van der Waals surface area contributed by atoms with Crippen LogP contribution in [0, 0.1) is 5.92 Å². The lowest BCUT2D eigenvalue weighted by Crippen LogP contribution is -2.31. The summed E-state index contributed by atoms with van der Waals surface area (Å²) in [6, 6.07) is 7.63. The summed E-state index contributed by atoms with van der Waals surface area (Å²) in [5.74, 6) is 0.211. The maximum absolute atomic E-state index is 12.1. The van der Waals surface area contributed by atoms with Gasteiger partial charge in [-0.3, -0.25) is 9.59 Å². The number of hydrogen-bond acceptors (Lipinski definition) is 3. The third-order valence-electron chi connectivity index (χ3n) is 3.45. The van der Waals surface area contributed by atoms with E-state index >= 15 is 0 Å². The average Bonchev–Trinajstić information content (AvgIpc) is 2.46. The van der Waals surface area contributed by atoms with Crippen molar-refractivity contribution in [3.63, 3.8) is 0 Å². The fourth-order valence-electron chi connectivity index (χ4n) is 2.26. The van der Waals surface area contributed by atoms with Crippen molar-refractivity contribution in [1.29, 1.82) is 0 Å². The maximum atomic E-state index is 12.1. The molecule has 4 nitrogen and oxygen atoms in total. The molecule has 0 saturated heterocycles. The number of hydrogen-bond donors (Lipinski definition) is 1. The van der Waals surface area contributed by atoms with Crippen LogP contribution in [0.5, 0.6) is 0 Å². The molecule has 0 bridgehead atoms. The van der Waals surface area contributed by atoms with Gasteiger partial charge in [0, 0.05) is 31.5 Å². The molecule has 0 radical (unpaired) electrons. The van der Waals surface area contributed by atoms with E-state index < -0.39 is 0 Å². The number of para-hydroxylation sites is 1. The molecule has 0 unspecified atom stereocenters. The van der Waals surface area contributed by atoms with Crippen molar-refractivity contribution >= 4 is 17.4 Å². The largest absolute Gasteiger partial charge is 0.320 e. The first-order valence-electron chi connectivity index (χ1n) is 7.49. The van der Waals surface area contributed by atoms with E-state index in [0.717, 1.165) is 24.2 Å². The third-order valence-corrected chi connectivity index (χ3v) is 3.45. The summed E-state index contributed by atoms with van der Waals surface area (Å²) < 4.78 is 0. The van der Waals surface area contributed by atoms with E-state index in [1.54, 1.807) is 11.9 Å².